The first-order chi connectivity index (χ1) is 17.7. The van der Waals surface area contributed by atoms with E-state index in [0.717, 1.165) is 23.3 Å². The van der Waals surface area contributed by atoms with Gasteiger partial charge < -0.3 is 16.2 Å². The van der Waals surface area contributed by atoms with Crippen molar-refractivity contribution in [3.05, 3.63) is 136 Å². The minimum atomic E-state index is -0.950. The third-order valence-corrected chi connectivity index (χ3v) is 6.04. The van der Waals surface area contributed by atoms with Gasteiger partial charge in [0.1, 0.15) is 23.5 Å². The van der Waals surface area contributed by atoms with E-state index in [9.17, 15) is 23.5 Å². The Bertz CT molecular complexity index is 1500. The monoisotopic (exact) mass is 501 g/mol. The zero-order valence-corrected chi connectivity index (χ0v) is 19.8. The molecule has 0 fully saturated rings. The summed E-state index contributed by atoms with van der Waals surface area (Å²) < 4.78 is 28.9. The van der Waals surface area contributed by atoms with Gasteiger partial charge in [0, 0.05) is 29.8 Å². The van der Waals surface area contributed by atoms with Crippen molar-refractivity contribution in [1.82, 2.24) is 9.88 Å². The number of carbonyl (C=O) groups is 1. The summed E-state index contributed by atoms with van der Waals surface area (Å²) >= 11 is 0. The molecule has 4 N–H and O–H groups in total. The molecular weight excluding hydrogens is 476 g/mol. The van der Waals surface area contributed by atoms with E-state index < -0.39 is 29.2 Å². The van der Waals surface area contributed by atoms with Crippen LogP contribution in [0.25, 0.3) is 11.3 Å². The Morgan fingerprint density at radius 3 is 2.27 bits per heavy atom. The lowest BCUT2D eigenvalue weighted by molar-refractivity contribution is -0.139. The smallest absolute Gasteiger partial charge is 0.321 e. The number of aromatic nitrogens is 1. The third kappa shape index (κ3) is 5.82. The van der Waals surface area contributed by atoms with Crippen molar-refractivity contribution in [3.8, 4) is 5.69 Å². The number of nitrogens with one attached hydrogen (secondary N) is 1. The molecule has 0 unspecified atom stereocenters. The van der Waals surface area contributed by atoms with Crippen molar-refractivity contribution < 1.29 is 18.7 Å². The van der Waals surface area contributed by atoms with E-state index in [1.165, 1.54) is 22.8 Å². The Hall–Kier alpha value is -4.56. The average Bonchev–Trinajstić information content (AvgIpc) is 2.87. The number of nitrogens with two attached hydrogens (primary N) is 1. The van der Waals surface area contributed by atoms with Crippen LogP contribution >= 0.6 is 0 Å². The number of rotatable bonds is 9. The van der Waals surface area contributed by atoms with Crippen LogP contribution in [0.2, 0.25) is 0 Å². The molecular formula is C29H25F2N3O3. The van der Waals surface area contributed by atoms with Gasteiger partial charge in [-0.15, -0.1) is 0 Å². The van der Waals surface area contributed by atoms with E-state index in [2.05, 4.69) is 11.9 Å². The van der Waals surface area contributed by atoms with E-state index in [1.807, 2.05) is 30.3 Å². The summed E-state index contributed by atoms with van der Waals surface area (Å²) in [6.07, 6.45) is 0.339. The number of anilines is 1. The molecule has 37 heavy (non-hydrogen) atoms. The zero-order valence-electron chi connectivity index (χ0n) is 19.8. The number of halogens is 2. The van der Waals surface area contributed by atoms with Gasteiger partial charge in [-0.3, -0.25) is 14.2 Å². The Labute approximate surface area is 212 Å². The predicted octanol–water partition coefficient (Wildman–Crippen LogP) is 4.54. The SMILES string of the molecule is C=C(c1ccc(F)cc1F)c1ccc(=O)n(-c2ccc(CN[C@@H](Cc3ccccc3)C(=O)O)cc2)c1N. The summed E-state index contributed by atoms with van der Waals surface area (Å²) in [5.41, 5.74) is 8.72. The highest BCUT2D eigenvalue weighted by molar-refractivity contribution is 5.83. The second-order valence-corrected chi connectivity index (χ2v) is 8.54. The number of benzene rings is 3. The highest BCUT2D eigenvalue weighted by atomic mass is 19.1. The lowest BCUT2D eigenvalue weighted by atomic mass is 9.99. The van der Waals surface area contributed by atoms with Crippen molar-refractivity contribution in [2.24, 2.45) is 0 Å². The van der Waals surface area contributed by atoms with Crippen LogP contribution < -0.4 is 16.6 Å². The fraction of sp³-hybridized carbons (Fsp3) is 0.103. The van der Waals surface area contributed by atoms with Crippen molar-refractivity contribution in [3.63, 3.8) is 0 Å². The first-order valence-corrected chi connectivity index (χ1v) is 11.5. The lowest BCUT2D eigenvalue weighted by Crippen LogP contribution is -2.38. The van der Waals surface area contributed by atoms with E-state index in [4.69, 9.17) is 5.73 Å². The number of carboxylic acids is 1. The minimum absolute atomic E-state index is 0.0564. The van der Waals surface area contributed by atoms with E-state index >= 15 is 0 Å². The van der Waals surface area contributed by atoms with Crippen molar-refractivity contribution in [1.29, 1.82) is 0 Å². The van der Waals surface area contributed by atoms with Crippen LogP contribution in [0.3, 0.4) is 0 Å². The predicted molar refractivity (Wildman–Crippen MR) is 139 cm³/mol. The number of carboxylic acid groups (broad SMARTS) is 1. The second-order valence-electron chi connectivity index (χ2n) is 8.54. The molecule has 8 heteroatoms. The molecule has 1 heterocycles. The van der Waals surface area contributed by atoms with Gasteiger partial charge in [-0.1, -0.05) is 49.0 Å². The lowest BCUT2D eigenvalue weighted by Gasteiger charge is -2.17. The molecule has 0 aliphatic rings. The van der Waals surface area contributed by atoms with Gasteiger partial charge in [0.15, 0.2) is 0 Å². The maximum absolute atomic E-state index is 14.3. The highest BCUT2D eigenvalue weighted by Crippen LogP contribution is 2.29. The largest absolute Gasteiger partial charge is 0.480 e. The fourth-order valence-corrected chi connectivity index (χ4v) is 4.06. The first kappa shape index (κ1) is 25.5. The molecule has 3 aromatic carbocycles. The molecule has 0 spiro atoms. The van der Waals surface area contributed by atoms with Gasteiger partial charge in [0.05, 0.1) is 5.69 Å². The van der Waals surface area contributed by atoms with Crippen LogP contribution in [0.4, 0.5) is 14.6 Å². The van der Waals surface area contributed by atoms with Crippen molar-refractivity contribution in [2.45, 2.75) is 19.0 Å². The fourth-order valence-electron chi connectivity index (χ4n) is 4.06. The Morgan fingerprint density at radius 1 is 0.946 bits per heavy atom. The molecule has 0 saturated carbocycles. The van der Waals surface area contributed by atoms with Gasteiger partial charge in [0.2, 0.25) is 0 Å². The molecule has 6 nitrogen and oxygen atoms in total. The van der Waals surface area contributed by atoms with E-state index in [1.54, 1.807) is 24.3 Å². The quantitative estimate of drug-likeness (QED) is 0.313. The molecule has 0 aliphatic heterocycles. The van der Waals surface area contributed by atoms with Crippen LogP contribution in [0.15, 0.2) is 96.3 Å². The summed E-state index contributed by atoms with van der Waals surface area (Å²) in [7, 11) is 0. The Morgan fingerprint density at radius 2 is 1.62 bits per heavy atom. The number of nitrogen functional groups attached to an aromatic ring is 1. The molecule has 188 valence electrons. The highest BCUT2D eigenvalue weighted by Gasteiger charge is 2.18. The van der Waals surface area contributed by atoms with Gasteiger partial charge in [-0.25, -0.2) is 8.78 Å². The summed E-state index contributed by atoms with van der Waals surface area (Å²) in [6.45, 7) is 4.20. The second kappa shape index (κ2) is 11.0. The Kier molecular flexibility index (Phi) is 7.60. The molecule has 0 saturated heterocycles. The zero-order chi connectivity index (χ0) is 26.5. The maximum Gasteiger partial charge on any atom is 0.321 e. The molecule has 1 aromatic heterocycles. The van der Waals surface area contributed by atoms with Crippen LogP contribution in [0, 0.1) is 11.6 Å². The normalized spacial score (nSPS) is 11.7. The Balaban J connectivity index is 1.54. The van der Waals surface area contributed by atoms with Crippen LogP contribution in [0.1, 0.15) is 22.3 Å². The van der Waals surface area contributed by atoms with Gasteiger partial charge >= 0.3 is 5.97 Å². The molecule has 4 rings (SSSR count). The van der Waals surface area contributed by atoms with E-state index in [-0.39, 0.29) is 17.0 Å². The number of hydrogen-bond donors (Lipinski definition) is 3. The van der Waals surface area contributed by atoms with Crippen molar-refractivity contribution in [2.75, 3.05) is 5.73 Å². The molecule has 0 radical (unpaired) electrons. The van der Waals surface area contributed by atoms with Gasteiger partial charge in [0.25, 0.3) is 5.56 Å². The number of nitrogens with zero attached hydrogens (tertiary/aromatic N) is 1. The summed E-state index contributed by atoms with van der Waals surface area (Å²) in [5.74, 6) is -2.39. The van der Waals surface area contributed by atoms with Gasteiger partial charge in [-0.2, -0.15) is 0 Å². The molecule has 0 bridgehead atoms. The molecule has 1 atom stereocenters. The third-order valence-electron chi connectivity index (χ3n) is 6.04. The molecule has 0 aliphatic carbocycles. The topological polar surface area (TPSA) is 97.3 Å². The first-order valence-electron chi connectivity index (χ1n) is 11.5. The van der Waals surface area contributed by atoms with Crippen LogP contribution in [0.5, 0.6) is 0 Å². The summed E-state index contributed by atoms with van der Waals surface area (Å²) in [6, 6.07) is 21.4. The van der Waals surface area contributed by atoms with Crippen LogP contribution in [-0.2, 0) is 17.8 Å². The number of pyridine rings is 1. The number of aliphatic carboxylic acids is 1. The van der Waals surface area contributed by atoms with Gasteiger partial charge in [-0.05, 0) is 53.5 Å². The maximum atomic E-state index is 14.3. The van der Waals surface area contributed by atoms with E-state index in [0.29, 0.717) is 24.2 Å². The average molecular weight is 502 g/mol. The summed E-state index contributed by atoms with van der Waals surface area (Å²) in [4.78, 5) is 24.4. The number of hydrogen-bond acceptors (Lipinski definition) is 4. The summed E-state index contributed by atoms with van der Waals surface area (Å²) in [5, 5.41) is 12.6. The standard InChI is InChI=1S/C29H25F2N3O3/c1-18(23-12-9-21(30)16-25(23)31)24-13-14-27(35)34(28(24)32)22-10-7-20(8-11-22)17-33-26(29(36)37)15-19-5-3-2-4-6-19/h2-14,16,26,33H,1,15,17,32H2,(H,36,37)/t26-/m0/s1. The minimum Gasteiger partial charge on any atom is -0.480 e. The molecule has 0 amide bonds. The molecule has 4 aromatic rings. The van der Waals surface area contributed by atoms with Crippen LogP contribution in [-0.4, -0.2) is 21.7 Å². The van der Waals surface area contributed by atoms with Crippen molar-refractivity contribution >= 4 is 17.4 Å².